The summed E-state index contributed by atoms with van der Waals surface area (Å²) in [6, 6.07) is -2.51. The third kappa shape index (κ3) is 4.80. The van der Waals surface area contributed by atoms with Crippen molar-refractivity contribution >= 4 is 23.5 Å². The minimum absolute atomic E-state index is 0.111. The number of rotatable bonds is 9. The van der Waals surface area contributed by atoms with E-state index in [4.69, 9.17) is 23.1 Å². The van der Waals surface area contributed by atoms with Crippen molar-refractivity contribution in [3.63, 3.8) is 0 Å². The molecule has 2 rings (SSSR count). The van der Waals surface area contributed by atoms with Crippen molar-refractivity contribution in [2.75, 3.05) is 13.2 Å². The van der Waals surface area contributed by atoms with E-state index in [1.54, 1.807) is 0 Å². The zero-order chi connectivity index (χ0) is 27.8. The van der Waals surface area contributed by atoms with Crippen LogP contribution in [0.1, 0.15) is 50.7 Å². The zero-order valence-corrected chi connectivity index (χ0v) is 20.8. The molecule has 0 radical (unpaired) electrons. The average Bonchev–Trinajstić information content (AvgIpc) is 2.74. The lowest BCUT2D eigenvalue weighted by molar-refractivity contribution is -0.180. The third-order valence-electron chi connectivity index (χ3n) is 7.51. The lowest BCUT2D eigenvalue weighted by Gasteiger charge is -2.59. The van der Waals surface area contributed by atoms with E-state index in [0.717, 1.165) is 6.92 Å². The Labute approximate surface area is 210 Å². The van der Waals surface area contributed by atoms with Gasteiger partial charge in [0.05, 0.1) is 27.5 Å². The molecule has 6 unspecified atom stereocenters. The Morgan fingerprint density at radius 1 is 1.19 bits per heavy atom. The first-order chi connectivity index (χ1) is 16.5. The van der Waals surface area contributed by atoms with Gasteiger partial charge in [-0.15, -0.1) is 0 Å². The van der Waals surface area contributed by atoms with E-state index < -0.39 is 87.5 Å². The summed E-state index contributed by atoms with van der Waals surface area (Å²) in [5.74, 6) is -8.25. The van der Waals surface area contributed by atoms with E-state index in [0.29, 0.717) is 12.1 Å². The molecule has 1 aliphatic rings. The molecule has 1 aromatic rings. The number of carbonyl (C=O) groups is 2. The molecule has 0 aliphatic carbocycles. The number of carboxylic acids is 2. The van der Waals surface area contributed by atoms with Crippen LogP contribution in [0.4, 0.5) is 22.0 Å². The summed E-state index contributed by atoms with van der Waals surface area (Å²) in [6.45, 7) is 2.39. The zero-order valence-electron chi connectivity index (χ0n) is 20.0. The van der Waals surface area contributed by atoms with E-state index in [1.807, 2.05) is 0 Å². The van der Waals surface area contributed by atoms with Crippen LogP contribution >= 0.6 is 11.6 Å². The molecule has 1 aromatic carbocycles. The molecule has 1 fully saturated rings. The number of nitrogens with one attached hydrogen (secondary N) is 1. The molecular formula is C23H31ClF5N3O4. The van der Waals surface area contributed by atoms with Crippen LogP contribution < -0.4 is 16.8 Å². The van der Waals surface area contributed by atoms with Crippen molar-refractivity contribution in [1.82, 2.24) is 5.32 Å². The van der Waals surface area contributed by atoms with Crippen LogP contribution in [0.3, 0.4) is 0 Å². The Morgan fingerprint density at radius 2 is 1.78 bits per heavy atom. The molecule has 1 heterocycles. The summed E-state index contributed by atoms with van der Waals surface area (Å²) in [4.78, 5) is 25.8. The predicted molar refractivity (Wildman–Crippen MR) is 123 cm³/mol. The maximum Gasteiger partial charge on any atom is 0.418 e. The van der Waals surface area contributed by atoms with Gasteiger partial charge in [-0.3, -0.25) is 9.59 Å². The molecule has 1 aliphatic heterocycles. The number of alkyl halides is 4. The van der Waals surface area contributed by atoms with E-state index in [9.17, 15) is 37.4 Å². The van der Waals surface area contributed by atoms with Gasteiger partial charge in [-0.25, -0.2) is 8.78 Å². The largest absolute Gasteiger partial charge is 0.481 e. The summed E-state index contributed by atoms with van der Waals surface area (Å²) in [5, 5.41) is 22.6. The number of hydrogen-bond donors (Lipinski definition) is 5. The summed E-state index contributed by atoms with van der Waals surface area (Å²) in [5.41, 5.74) is 3.78. The van der Waals surface area contributed by atoms with Crippen LogP contribution in [-0.4, -0.2) is 53.5 Å². The molecule has 0 bridgehead atoms. The fourth-order valence-corrected chi connectivity index (χ4v) is 6.03. The molecule has 0 aromatic heterocycles. The van der Waals surface area contributed by atoms with Gasteiger partial charge < -0.3 is 27.0 Å². The molecular weight excluding hydrogens is 513 g/mol. The molecule has 7 N–H and O–H groups in total. The summed E-state index contributed by atoms with van der Waals surface area (Å²) >= 11 is 5.86. The maximum absolute atomic E-state index is 15.5. The van der Waals surface area contributed by atoms with Crippen molar-refractivity contribution in [2.45, 2.75) is 63.8 Å². The average molecular weight is 544 g/mol. The summed E-state index contributed by atoms with van der Waals surface area (Å²) in [6.07, 6.45) is -5.28. The second-order valence-electron chi connectivity index (χ2n) is 9.73. The fourth-order valence-electron chi connectivity index (χ4n) is 5.76. The van der Waals surface area contributed by atoms with Crippen molar-refractivity contribution in [2.24, 2.45) is 28.2 Å². The molecule has 204 valence electrons. The Hall–Kier alpha value is -2.02. The van der Waals surface area contributed by atoms with Crippen LogP contribution in [0.2, 0.25) is 5.02 Å². The molecule has 0 amide bonds. The third-order valence-corrected chi connectivity index (χ3v) is 7.83. The second kappa shape index (κ2) is 10.8. The van der Waals surface area contributed by atoms with Crippen molar-refractivity contribution in [3.05, 3.63) is 34.1 Å². The minimum Gasteiger partial charge on any atom is -0.481 e. The Balaban J connectivity index is 3.14. The van der Waals surface area contributed by atoms with E-state index >= 15 is 4.39 Å². The number of halogens is 6. The van der Waals surface area contributed by atoms with Crippen LogP contribution in [0.25, 0.3) is 0 Å². The number of nitrogens with two attached hydrogens (primary N) is 2. The predicted octanol–water partition coefficient (Wildman–Crippen LogP) is 3.78. The van der Waals surface area contributed by atoms with Gasteiger partial charge in [-0.1, -0.05) is 25.4 Å². The first-order valence-corrected chi connectivity index (χ1v) is 11.7. The molecule has 0 saturated carbocycles. The highest BCUT2D eigenvalue weighted by Gasteiger charge is 2.69. The normalized spacial score (nSPS) is 29.8. The van der Waals surface area contributed by atoms with Gasteiger partial charge in [0.25, 0.3) is 0 Å². The molecule has 1 saturated heterocycles. The minimum atomic E-state index is -5.28. The van der Waals surface area contributed by atoms with Gasteiger partial charge in [0.1, 0.15) is 12.5 Å². The lowest BCUT2D eigenvalue weighted by Crippen LogP contribution is -2.73. The highest BCUT2D eigenvalue weighted by Crippen LogP contribution is 2.61. The van der Waals surface area contributed by atoms with Gasteiger partial charge in [0.15, 0.2) is 0 Å². The highest BCUT2D eigenvalue weighted by atomic mass is 35.5. The fraction of sp³-hybridized carbons (Fsp3) is 0.652. The number of carboxylic acid groups (broad SMARTS) is 2. The van der Waals surface area contributed by atoms with E-state index in [-0.39, 0.29) is 19.4 Å². The molecule has 36 heavy (non-hydrogen) atoms. The monoisotopic (exact) mass is 543 g/mol. The van der Waals surface area contributed by atoms with Crippen LogP contribution in [0.15, 0.2) is 12.1 Å². The van der Waals surface area contributed by atoms with Crippen LogP contribution in [0, 0.1) is 22.6 Å². The lowest BCUT2D eigenvalue weighted by atomic mass is 9.47. The van der Waals surface area contributed by atoms with Gasteiger partial charge in [0, 0.05) is 23.6 Å². The topological polar surface area (TPSA) is 139 Å². The van der Waals surface area contributed by atoms with Crippen LogP contribution in [0.5, 0.6) is 0 Å². The Kier molecular flexibility index (Phi) is 9.03. The number of piperidine rings is 1. The smallest absolute Gasteiger partial charge is 0.418 e. The maximum atomic E-state index is 15.5. The van der Waals surface area contributed by atoms with Crippen molar-refractivity contribution < 1.29 is 41.8 Å². The second-order valence-corrected chi connectivity index (χ2v) is 10.1. The number of benzene rings is 1. The number of hydrogen-bond acceptors (Lipinski definition) is 5. The molecule has 7 nitrogen and oxygen atoms in total. The van der Waals surface area contributed by atoms with Gasteiger partial charge in [-0.05, 0) is 44.4 Å². The van der Waals surface area contributed by atoms with Crippen molar-refractivity contribution in [3.8, 4) is 0 Å². The highest BCUT2D eigenvalue weighted by molar-refractivity contribution is 6.31. The van der Waals surface area contributed by atoms with Crippen LogP contribution in [-0.2, 0) is 15.8 Å². The molecule has 0 spiro atoms. The Bertz CT molecular complexity index is 995. The quantitative estimate of drug-likeness (QED) is 0.299. The summed E-state index contributed by atoms with van der Waals surface area (Å²) in [7, 11) is 0. The SMILES string of the molecule is CC(C)C1(C(=O)O)C(CC(N)CCN)NC(CF)C(C)(C(=O)O)C1c1c(F)ccc(Cl)c1C(F)(F)F. The Morgan fingerprint density at radius 3 is 2.19 bits per heavy atom. The molecule has 13 heteroatoms. The van der Waals surface area contributed by atoms with Gasteiger partial charge in [-0.2, -0.15) is 13.2 Å². The van der Waals surface area contributed by atoms with Gasteiger partial charge >= 0.3 is 18.1 Å². The summed E-state index contributed by atoms with van der Waals surface area (Å²) < 4.78 is 72.7. The first-order valence-electron chi connectivity index (χ1n) is 11.3. The van der Waals surface area contributed by atoms with E-state index in [2.05, 4.69) is 5.32 Å². The number of aliphatic carboxylic acids is 2. The standard InChI is InChI=1S/C23H31ClF5N3O4/c1-10(2)22(20(35)36)14(8-11(31)6-7-30)32-15(9-25)21(3,19(33)34)18(22)16-13(26)5-4-12(24)17(16)23(27,28)29/h4-5,10-11,14-15,18,32H,6-9,30-31H2,1-3H3,(H,33,34)(H,35,36). The molecule has 6 atom stereocenters. The van der Waals surface area contributed by atoms with E-state index in [1.165, 1.54) is 13.8 Å². The first kappa shape index (κ1) is 30.2. The van der Waals surface area contributed by atoms with Gasteiger partial charge in [0.2, 0.25) is 0 Å². The van der Waals surface area contributed by atoms with Crippen molar-refractivity contribution in [1.29, 1.82) is 0 Å².